The molecule has 0 unspecified atom stereocenters. The van der Waals surface area contributed by atoms with Crippen LogP contribution in [0.5, 0.6) is 5.75 Å². The van der Waals surface area contributed by atoms with E-state index < -0.39 is 12.0 Å². The number of ether oxygens (including phenoxy) is 1. The van der Waals surface area contributed by atoms with Gasteiger partial charge in [0.25, 0.3) is 5.56 Å². The Morgan fingerprint density at radius 2 is 1.90 bits per heavy atom. The molecular formula is C31H25ClN2O4S. The first kappa shape index (κ1) is 26.4. The molecule has 0 bridgehead atoms. The number of fused-ring (bicyclic) bond motifs is 1. The van der Waals surface area contributed by atoms with E-state index in [0.29, 0.717) is 37.6 Å². The average molecular weight is 557 g/mol. The summed E-state index contributed by atoms with van der Waals surface area (Å²) in [5.41, 5.74) is 3.36. The van der Waals surface area contributed by atoms with Gasteiger partial charge in [-0.15, -0.1) is 6.58 Å². The van der Waals surface area contributed by atoms with Crippen LogP contribution >= 0.6 is 22.9 Å². The van der Waals surface area contributed by atoms with Crippen molar-refractivity contribution in [2.24, 2.45) is 4.99 Å². The van der Waals surface area contributed by atoms with E-state index in [4.69, 9.17) is 21.3 Å². The minimum absolute atomic E-state index is 0.169. The monoisotopic (exact) mass is 556 g/mol. The molecule has 196 valence electrons. The molecule has 0 radical (unpaired) electrons. The molecule has 0 saturated carbocycles. The summed E-state index contributed by atoms with van der Waals surface area (Å²) < 4.78 is 7.47. The standard InChI is InChI=1S/C31H25ClN2O4S/c1-3-8-22-17-19(11-16-24(22)35)18-25-29(36)34-28(21-12-14-23(32)15-13-21)26(30(37)38-4-2)27(33-31(34)39-25)20-9-6-5-7-10-20/h3,5-7,9-18,28,35H,1,4,8H2,2H3/b25-18+/t28-/m0/s1. The number of esters is 1. The summed E-state index contributed by atoms with van der Waals surface area (Å²) in [4.78, 5) is 32.7. The van der Waals surface area contributed by atoms with Gasteiger partial charge in [-0.05, 0) is 60.4 Å². The molecule has 0 spiro atoms. The number of hydrogen-bond donors (Lipinski definition) is 1. The first-order chi connectivity index (χ1) is 18.9. The van der Waals surface area contributed by atoms with Gasteiger partial charge in [-0.2, -0.15) is 0 Å². The lowest BCUT2D eigenvalue weighted by molar-refractivity contribution is -0.138. The van der Waals surface area contributed by atoms with Crippen LogP contribution in [0.2, 0.25) is 5.02 Å². The number of halogens is 1. The van der Waals surface area contributed by atoms with Crippen LogP contribution < -0.4 is 14.9 Å². The molecule has 0 saturated heterocycles. The Bertz CT molecular complexity index is 1770. The zero-order valence-corrected chi connectivity index (χ0v) is 22.7. The number of benzene rings is 3. The maximum atomic E-state index is 13.9. The van der Waals surface area contributed by atoms with Crippen molar-refractivity contribution in [1.82, 2.24) is 4.57 Å². The molecule has 3 aromatic carbocycles. The molecule has 39 heavy (non-hydrogen) atoms. The van der Waals surface area contributed by atoms with Crippen LogP contribution in [0, 0.1) is 0 Å². The molecule has 1 aliphatic rings. The summed E-state index contributed by atoms with van der Waals surface area (Å²) in [6.45, 7) is 5.66. The lowest BCUT2D eigenvalue weighted by atomic mass is 9.93. The maximum Gasteiger partial charge on any atom is 0.338 e. The third-order valence-electron chi connectivity index (χ3n) is 6.32. The van der Waals surface area contributed by atoms with Crippen molar-refractivity contribution in [3.8, 4) is 5.75 Å². The van der Waals surface area contributed by atoms with Gasteiger partial charge in [0.2, 0.25) is 0 Å². The number of phenols is 1. The third-order valence-corrected chi connectivity index (χ3v) is 7.56. The molecule has 2 heterocycles. The molecule has 8 heteroatoms. The van der Waals surface area contributed by atoms with Crippen LogP contribution in [-0.4, -0.2) is 22.2 Å². The second-order valence-electron chi connectivity index (χ2n) is 8.86. The minimum Gasteiger partial charge on any atom is -0.508 e. The number of rotatable bonds is 7. The molecule has 0 amide bonds. The molecule has 0 aliphatic carbocycles. The predicted molar refractivity (Wildman–Crippen MR) is 155 cm³/mol. The number of carbonyl (C=O) groups excluding carboxylic acids is 1. The van der Waals surface area contributed by atoms with E-state index in [-0.39, 0.29) is 23.5 Å². The van der Waals surface area contributed by atoms with E-state index in [1.54, 1.807) is 60.0 Å². The first-order valence-corrected chi connectivity index (χ1v) is 13.6. The van der Waals surface area contributed by atoms with Crippen molar-refractivity contribution in [2.75, 3.05) is 6.61 Å². The Hall–Kier alpha value is -4.20. The van der Waals surface area contributed by atoms with Gasteiger partial charge in [0.05, 0.1) is 28.5 Å². The molecule has 1 aliphatic heterocycles. The average Bonchev–Trinajstić information content (AvgIpc) is 3.25. The quantitative estimate of drug-likeness (QED) is 0.256. The van der Waals surface area contributed by atoms with Gasteiger partial charge in [0, 0.05) is 10.6 Å². The molecule has 6 nitrogen and oxygen atoms in total. The van der Waals surface area contributed by atoms with Crippen molar-refractivity contribution in [3.63, 3.8) is 0 Å². The fourth-order valence-corrected chi connectivity index (χ4v) is 5.69. The Morgan fingerprint density at radius 3 is 2.59 bits per heavy atom. The largest absolute Gasteiger partial charge is 0.508 e. The second-order valence-corrected chi connectivity index (χ2v) is 10.3. The highest BCUT2D eigenvalue weighted by Gasteiger charge is 2.35. The highest BCUT2D eigenvalue weighted by atomic mass is 35.5. The molecule has 0 fully saturated rings. The van der Waals surface area contributed by atoms with E-state index in [9.17, 15) is 14.7 Å². The molecule has 1 N–H and O–H groups in total. The maximum absolute atomic E-state index is 13.9. The van der Waals surface area contributed by atoms with Crippen molar-refractivity contribution < 1.29 is 14.6 Å². The van der Waals surface area contributed by atoms with Crippen molar-refractivity contribution >= 4 is 40.7 Å². The van der Waals surface area contributed by atoms with Crippen molar-refractivity contribution in [3.05, 3.63) is 138 Å². The van der Waals surface area contributed by atoms with Crippen LogP contribution in [0.4, 0.5) is 0 Å². The van der Waals surface area contributed by atoms with Gasteiger partial charge in [-0.25, -0.2) is 9.79 Å². The number of carbonyl (C=O) groups is 1. The third kappa shape index (κ3) is 5.24. The smallest absolute Gasteiger partial charge is 0.338 e. The predicted octanol–water partition coefficient (Wildman–Crippen LogP) is 5.02. The number of thiazole rings is 1. The zero-order valence-electron chi connectivity index (χ0n) is 21.1. The molecule has 1 aromatic heterocycles. The highest BCUT2D eigenvalue weighted by molar-refractivity contribution is 7.07. The summed E-state index contributed by atoms with van der Waals surface area (Å²) >= 11 is 7.42. The number of aromatic hydroxyl groups is 1. The molecule has 4 aromatic rings. The van der Waals surface area contributed by atoms with Crippen LogP contribution in [0.1, 0.15) is 35.2 Å². The Kier molecular flexibility index (Phi) is 7.63. The first-order valence-electron chi connectivity index (χ1n) is 12.4. The van der Waals surface area contributed by atoms with E-state index in [1.165, 1.54) is 11.3 Å². The van der Waals surface area contributed by atoms with Crippen LogP contribution in [0.25, 0.3) is 11.8 Å². The topological polar surface area (TPSA) is 80.9 Å². The van der Waals surface area contributed by atoms with Crippen LogP contribution in [0.15, 0.2) is 101 Å². The normalized spacial score (nSPS) is 15.0. The van der Waals surface area contributed by atoms with Gasteiger partial charge in [0.15, 0.2) is 4.80 Å². The summed E-state index contributed by atoms with van der Waals surface area (Å²) in [7, 11) is 0. The summed E-state index contributed by atoms with van der Waals surface area (Å²) in [6, 6.07) is 20.9. The minimum atomic E-state index is -0.772. The SMILES string of the molecule is C=CCc1cc(/C=c2/sc3n(c2=O)[C@@H](c2ccc(Cl)cc2)C(C(=O)OCC)=C(c2ccccc2)N=3)ccc1O. The lowest BCUT2D eigenvalue weighted by Crippen LogP contribution is -2.40. The number of hydrogen-bond acceptors (Lipinski definition) is 6. The van der Waals surface area contributed by atoms with Gasteiger partial charge < -0.3 is 9.84 Å². The van der Waals surface area contributed by atoms with Crippen LogP contribution in [0.3, 0.4) is 0 Å². The Labute approximate surface area is 234 Å². The number of phenolic OH excluding ortho intramolecular Hbond substituents is 1. The van der Waals surface area contributed by atoms with E-state index in [1.807, 2.05) is 36.4 Å². The fraction of sp³-hybridized carbons (Fsp3) is 0.129. The summed E-state index contributed by atoms with van der Waals surface area (Å²) in [6.07, 6.45) is 3.97. The molecule has 1 atom stereocenters. The van der Waals surface area contributed by atoms with Crippen molar-refractivity contribution in [2.45, 2.75) is 19.4 Å². The number of nitrogens with zero attached hydrogens (tertiary/aromatic N) is 2. The summed E-state index contributed by atoms with van der Waals surface area (Å²) in [5, 5.41) is 10.7. The van der Waals surface area contributed by atoms with E-state index >= 15 is 0 Å². The van der Waals surface area contributed by atoms with Gasteiger partial charge in [0.1, 0.15) is 5.75 Å². The second kappa shape index (κ2) is 11.3. The van der Waals surface area contributed by atoms with Gasteiger partial charge >= 0.3 is 5.97 Å². The lowest BCUT2D eigenvalue weighted by Gasteiger charge is -2.25. The summed E-state index contributed by atoms with van der Waals surface area (Å²) in [5.74, 6) is -0.371. The van der Waals surface area contributed by atoms with Gasteiger partial charge in [-0.3, -0.25) is 9.36 Å². The van der Waals surface area contributed by atoms with E-state index in [0.717, 1.165) is 11.1 Å². The Balaban J connectivity index is 1.80. The molecule has 5 rings (SSSR count). The Morgan fingerprint density at radius 1 is 1.15 bits per heavy atom. The molecular weight excluding hydrogens is 532 g/mol. The fourth-order valence-electron chi connectivity index (χ4n) is 4.57. The van der Waals surface area contributed by atoms with Crippen molar-refractivity contribution in [1.29, 1.82) is 0 Å². The van der Waals surface area contributed by atoms with E-state index in [2.05, 4.69) is 6.58 Å². The highest BCUT2D eigenvalue weighted by Crippen LogP contribution is 2.35. The zero-order chi connectivity index (χ0) is 27.5. The number of allylic oxidation sites excluding steroid dienone is 1. The van der Waals surface area contributed by atoms with Gasteiger partial charge in [-0.1, -0.05) is 77.5 Å². The number of aromatic nitrogens is 1. The van der Waals surface area contributed by atoms with Crippen LogP contribution in [-0.2, 0) is 16.0 Å².